The van der Waals surface area contributed by atoms with E-state index in [0.29, 0.717) is 18.8 Å². The number of carboxylic acid groups (broad SMARTS) is 1. The molecule has 0 saturated heterocycles. The zero-order chi connectivity index (χ0) is 25.8. The lowest BCUT2D eigenvalue weighted by Crippen LogP contribution is -2.56. The Labute approximate surface area is 207 Å². The molecule has 1 aliphatic rings. The SMILES string of the molecule is CC(C)CCC(NC(=O)C(NC(=O)OCC1c2ccccc2-c2ccccc21)C(C)(C)C)C(=O)O. The van der Waals surface area contributed by atoms with E-state index < -0.39 is 35.5 Å². The van der Waals surface area contributed by atoms with Gasteiger partial charge >= 0.3 is 12.1 Å². The maximum absolute atomic E-state index is 13.0. The van der Waals surface area contributed by atoms with Gasteiger partial charge in [-0.2, -0.15) is 0 Å². The van der Waals surface area contributed by atoms with E-state index in [1.165, 1.54) is 0 Å². The molecule has 188 valence electrons. The number of benzene rings is 2. The van der Waals surface area contributed by atoms with Gasteiger partial charge < -0.3 is 20.5 Å². The number of hydrogen-bond acceptors (Lipinski definition) is 4. The molecule has 2 aromatic rings. The summed E-state index contributed by atoms with van der Waals surface area (Å²) in [4.78, 5) is 37.5. The highest BCUT2D eigenvalue weighted by Crippen LogP contribution is 2.44. The van der Waals surface area contributed by atoms with E-state index in [1.54, 1.807) is 0 Å². The van der Waals surface area contributed by atoms with E-state index in [4.69, 9.17) is 4.74 Å². The first-order valence-electron chi connectivity index (χ1n) is 12.1. The molecular formula is C28H36N2O5. The summed E-state index contributed by atoms with van der Waals surface area (Å²) in [5.74, 6) is -1.41. The lowest BCUT2D eigenvalue weighted by molar-refractivity contribution is -0.142. The first-order chi connectivity index (χ1) is 16.5. The van der Waals surface area contributed by atoms with Crippen molar-refractivity contribution in [2.24, 2.45) is 11.3 Å². The Bertz CT molecular complexity index is 1030. The van der Waals surface area contributed by atoms with Crippen LogP contribution in [0.4, 0.5) is 4.79 Å². The Kier molecular flexibility index (Phi) is 8.20. The molecule has 0 bridgehead atoms. The molecule has 7 nitrogen and oxygen atoms in total. The summed E-state index contributed by atoms with van der Waals surface area (Å²) in [6.45, 7) is 9.56. The fourth-order valence-electron chi connectivity index (χ4n) is 4.45. The normalized spacial score (nSPS) is 14.6. The van der Waals surface area contributed by atoms with Crippen LogP contribution in [0.15, 0.2) is 48.5 Å². The van der Waals surface area contributed by atoms with Gasteiger partial charge in [-0.3, -0.25) is 4.79 Å². The predicted molar refractivity (Wildman–Crippen MR) is 135 cm³/mol. The van der Waals surface area contributed by atoms with Crippen molar-refractivity contribution in [3.05, 3.63) is 59.7 Å². The van der Waals surface area contributed by atoms with Crippen LogP contribution in [-0.4, -0.2) is 41.8 Å². The molecule has 0 fully saturated rings. The number of carboxylic acids is 1. The number of fused-ring (bicyclic) bond motifs is 3. The molecule has 0 radical (unpaired) electrons. The average molecular weight is 481 g/mol. The number of carbonyl (C=O) groups is 3. The van der Waals surface area contributed by atoms with Gasteiger partial charge in [0.25, 0.3) is 0 Å². The van der Waals surface area contributed by atoms with Crippen LogP contribution in [0.1, 0.15) is 64.5 Å². The van der Waals surface area contributed by atoms with Crippen molar-refractivity contribution in [3.63, 3.8) is 0 Å². The van der Waals surface area contributed by atoms with Gasteiger partial charge in [0.05, 0.1) is 0 Å². The van der Waals surface area contributed by atoms with Crippen LogP contribution >= 0.6 is 0 Å². The van der Waals surface area contributed by atoms with Crippen molar-refractivity contribution in [2.45, 2.75) is 65.5 Å². The summed E-state index contributed by atoms with van der Waals surface area (Å²) < 4.78 is 5.60. The van der Waals surface area contributed by atoms with Crippen molar-refractivity contribution in [1.82, 2.24) is 10.6 Å². The van der Waals surface area contributed by atoms with Crippen LogP contribution in [0.25, 0.3) is 11.1 Å². The topological polar surface area (TPSA) is 105 Å². The molecule has 2 atom stereocenters. The van der Waals surface area contributed by atoms with Gasteiger partial charge in [0.1, 0.15) is 18.7 Å². The molecule has 2 aromatic carbocycles. The Balaban J connectivity index is 1.67. The maximum Gasteiger partial charge on any atom is 0.407 e. The number of alkyl carbamates (subject to hydrolysis) is 1. The summed E-state index contributed by atoms with van der Waals surface area (Å²) in [5.41, 5.74) is 3.80. The van der Waals surface area contributed by atoms with Crippen molar-refractivity contribution < 1.29 is 24.2 Å². The Hall–Kier alpha value is -3.35. The van der Waals surface area contributed by atoms with Gasteiger partial charge in [-0.1, -0.05) is 83.1 Å². The second-order valence-electron chi connectivity index (χ2n) is 10.6. The largest absolute Gasteiger partial charge is 0.480 e. The standard InChI is InChI=1S/C28H36N2O5/c1-17(2)14-15-23(26(32)33)29-25(31)24(28(3,4)5)30-27(34)35-16-22-20-12-8-6-10-18(20)19-11-7-9-13-21(19)22/h6-13,17,22-24H,14-16H2,1-5H3,(H,29,31)(H,30,34)(H,32,33). The number of rotatable bonds is 9. The van der Waals surface area contributed by atoms with Gasteiger partial charge in [0.2, 0.25) is 5.91 Å². The molecule has 35 heavy (non-hydrogen) atoms. The van der Waals surface area contributed by atoms with Gasteiger partial charge in [-0.25, -0.2) is 9.59 Å². The minimum Gasteiger partial charge on any atom is -0.480 e. The van der Waals surface area contributed by atoms with Crippen LogP contribution in [0, 0.1) is 11.3 Å². The van der Waals surface area contributed by atoms with E-state index in [2.05, 4.69) is 22.8 Å². The molecule has 0 heterocycles. The van der Waals surface area contributed by atoms with Gasteiger partial charge in [0, 0.05) is 5.92 Å². The lowest BCUT2D eigenvalue weighted by Gasteiger charge is -2.31. The molecule has 2 unspecified atom stereocenters. The highest BCUT2D eigenvalue weighted by Gasteiger charge is 2.36. The fraction of sp³-hybridized carbons (Fsp3) is 0.464. The summed E-state index contributed by atoms with van der Waals surface area (Å²) in [6.07, 6.45) is 0.272. The summed E-state index contributed by atoms with van der Waals surface area (Å²) in [6, 6.07) is 14.1. The van der Waals surface area contributed by atoms with Gasteiger partial charge in [0.15, 0.2) is 0 Å². The third kappa shape index (κ3) is 6.41. The second-order valence-corrected chi connectivity index (χ2v) is 10.6. The quantitative estimate of drug-likeness (QED) is 0.471. The number of amides is 2. The Morgan fingerprint density at radius 2 is 1.46 bits per heavy atom. The van der Waals surface area contributed by atoms with Crippen LogP contribution in [0.3, 0.4) is 0 Å². The highest BCUT2D eigenvalue weighted by atomic mass is 16.5. The monoisotopic (exact) mass is 480 g/mol. The van der Waals surface area contributed by atoms with E-state index in [0.717, 1.165) is 22.3 Å². The number of hydrogen-bond donors (Lipinski definition) is 3. The maximum atomic E-state index is 13.0. The van der Waals surface area contributed by atoms with E-state index in [1.807, 2.05) is 71.0 Å². The van der Waals surface area contributed by atoms with E-state index in [9.17, 15) is 19.5 Å². The highest BCUT2D eigenvalue weighted by molar-refractivity contribution is 5.90. The molecule has 0 aromatic heterocycles. The number of carbonyl (C=O) groups excluding carboxylic acids is 2. The summed E-state index contributed by atoms with van der Waals surface area (Å²) in [7, 11) is 0. The summed E-state index contributed by atoms with van der Waals surface area (Å²) in [5, 5.41) is 14.8. The fourth-order valence-corrected chi connectivity index (χ4v) is 4.45. The van der Waals surface area contributed by atoms with Gasteiger partial charge in [-0.15, -0.1) is 0 Å². The third-order valence-corrected chi connectivity index (χ3v) is 6.38. The van der Waals surface area contributed by atoms with E-state index in [-0.39, 0.29) is 12.5 Å². The number of aliphatic carboxylic acids is 1. The van der Waals surface area contributed by atoms with Crippen molar-refractivity contribution in [3.8, 4) is 11.1 Å². The Morgan fingerprint density at radius 1 is 0.914 bits per heavy atom. The first-order valence-corrected chi connectivity index (χ1v) is 12.1. The molecule has 0 aliphatic heterocycles. The predicted octanol–water partition coefficient (Wildman–Crippen LogP) is 4.95. The van der Waals surface area contributed by atoms with Crippen molar-refractivity contribution >= 4 is 18.0 Å². The average Bonchev–Trinajstić information content (AvgIpc) is 3.11. The van der Waals surface area contributed by atoms with Gasteiger partial charge in [-0.05, 0) is 46.4 Å². The van der Waals surface area contributed by atoms with Crippen molar-refractivity contribution in [1.29, 1.82) is 0 Å². The molecule has 3 rings (SSSR count). The molecule has 3 N–H and O–H groups in total. The molecule has 0 saturated carbocycles. The minimum atomic E-state index is -1.09. The molecule has 1 aliphatic carbocycles. The Morgan fingerprint density at radius 3 is 1.94 bits per heavy atom. The zero-order valence-electron chi connectivity index (χ0n) is 21.1. The number of ether oxygens (including phenoxy) is 1. The third-order valence-electron chi connectivity index (χ3n) is 6.38. The molecular weight excluding hydrogens is 444 g/mol. The first kappa shape index (κ1) is 26.3. The number of nitrogens with one attached hydrogen (secondary N) is 2. The van der Waals surface area contributed by atoms with Crippen LogP contribution < -0.4 is 10.6 Å². The second kappa shape index (κ2) is 10.9. The van der Waals surface area contributed by atoms with Crippen LogP contribution in [0.2, 0.25) is 0 Å². The van der Waals surface area contributed by atoms with Crippen LogP contribution in [0.5, 0.6) is 0 Å². The summed E-state index contributed by atoms with van der Waals surface area (Å²) >= 11 is 0. The smallest absolute Gasteiger partial charge is 0.407 e. The molecule has 0 spiro atoms. The van der Waals surface area contributed by atoms with E-state index >= 15 is 0 Å². The van der Waals surface area contributed by atoms with Crippen molar-refractivity contribution in [2.75, 3.05) is 6.61 Å². The minimum absolute atomic E-state index is 0.0949. The molecule has 7 heteroatoms. The lowest BCUT2D eigenvalue weighted by atomic mass is 9.86. The van der Waals surface area contributed by atoms with Crippen LogP contribution in [-0.2, 0) is 14.3 Å². The molecule has 2 amide bonds. The zero-order valence-corrected chi connectivity index (χ0v) is 21.1.